The molecule has 2 aromatic rings. The number of aromatic nitrogens is 1. The van der Waals surface area contributed by atoms with Gasteiger partial charge in [0.2, 0.25) is 5.91 Å². The standard InChI is InChI=1S/C21H19F7N4O3/c1-19(17(33)30-8-9-32(19)18(29)34)15(14-7-6-13(22)16(31-14)21(26,27)28)11-2-4-12(5-3-11)35-10-20(23,24)25/h2-7,15H,8-10H2,1H3,(H2,29,34)(H,30,33)/t15-,19?/m1/s1. The first-order valence-corrected chi connectivity index (χ1v) is 10.0. The molecule has 0 spiro atoms. The van der Waals surface area contributed by atoms with Gasteiger partial charge in [0.1, 0.15) is 11.3 Å². The molecule has 3 rings (SSSR count). The van der Waals surface area contributed by atoms with Crippen LogP contribution in [0.25, 0.3) is 0 Å². The van der Waals surface area contributed by atoms with Crippen LogP contribution in [0, 0.1) is 5.82 Å². The minimum absolute atomic E-state index is 0.0128. The van der Waals surface area contributed by atoms with Crippen molar-refractivity contribution in [3.8, 4) is 5.75 Å². The van der Waals surface area contributed by atoms with Crippen molar-refractivity contribution >= 4 is 11.9 Å². The van der Waals surface area contributed by atoms with E-state index in [2.05, 4.69) is 15.0 Å². The van der Waals surface area contributed by atoms with E-state index < -0.39 is 59.6 Å². The third-order valence-corrected chi connectivity index (χ3v) is 5.52. The quantitative estimate of drug-likeness (QED) is 0.604. The van der Waals surface area contributed by atoms with Crippen LogP contribution >= 0.6 is 0 Å². The summed E-state index contributed by atoms with van der Waals surface area (Å²) in [7, 11) is 0. The molecule has 1 aromatic heterocycles. The van der Waals surface area contributed by atoms with E-state index in [1.807, 2.05) is 0 Å². The Hall–Kier alpha value is -3.58. The number of carbonyl (C=O) groups excluding carboxylic acids is 2. The number of alkyl halides is 6. The van der Waals surface area contributed by atoms with E-state index in [1.165, 1.54) is 19.1 Å². The summed E-state index contributed by atoms with van der Waals surface area (Å²) >= 11 is 0. The molecule has 1 aliphatic heterocycles. The van der Waals surface area contributed by atoms with Crippen molar-refractivity contribution in [3.63, 3.8) is 0 Å². The van der Waals surface area contributed by atoms with Crippen molar-refractivity contribution in [2.45, 2.75) is 30.7 Å². The lowest BCUT2D eigenvalue weighted by atomic mass is 9.75. The molecule has 1 aromatic carbocycles. The molecule has 2 heterocycles. The van der Waals surface area contributed by atoms with Gasteiger partial charge in [-0.2, -0.15) is 26.3 Å². The first kappa shape index (κ1) is 26.0. The van der Waals surface area contributed by atoms with Gasteiger partial charge in [-0.1, -0.05) is 12.1 Å². The number of halogens is 7. The minimum atomic E-state index is -5.17. The molecule has 190 valence electrons. The van der Waals surface area contributed by atoms with Crippen molar-refractivity contribution in [1.29, 1.82) is 0 Å². The number of piperazine rings is 1. The monoisotopic (exact) mass is 508 g/mol. The molecule has 3 N–H and O–H groups in total. The molecule has 7 nitrogen and oxygen atoms in total. The summed E-state index contributed by atoms with van der Waals surface area (Å²) in [5.41, 5.74) is 1.35. The number of hydrogen-bond donors (Lipinski definition) is 2. The van der Waals surface area contributed by atoms with E-state index in [0.717, 1.165) is 23.1 Å². The van der Waals surface area contributed by atoms with Crippen molar-refractivity contribution in [1.82, 2.24) is 15.2 Å². The predicted octanol–water partition coefficient (Wildman–Crippen LogP) is 3.58. The zero-order chi connectivity index (χ0) is 26.2. The van der Waals surface area contributed by atoms with Crippen LogP contribution in [0.15, 0.2) is 36.4 Å². The number of carbonyl (C=O) groups is 2. The van der Waals surface area contributed by atoms with E-state index in [9.17, 15) is 40.3 Å². The van der Waals surface area contributed by atoms with Crippen molar-refractivity contribution < 1.29 is 45.1 Å². The summed E-state index contributed by atoms with van der Waals surface area (Å²) in [6.45, 7) is -0.407. The number of benzene rings is 1. The Morgan fingerprint density at radius 1 is 1.17 bits per heavy atom. The fourth-order valence-electron chi connectivity index (χ4n) is 3.96. The molecule has 1 fully saturated rings. The maximum absolute atomic E-state index is 13.9. The van der Waals surface area contributed by atoms with E-state index >= 15 is 0 Å². The third kappa shape index (κ3) is 5.41. The number of hydrogen-bond acceptors (Lipinski definition) is 4. The summed E-state index contributed by atoms with van der Waals surface area (Å²) in [6.07, 6.45) is -9.78. The maximum Gasteiger partial charge on any atom is 0.436 e. The number of amides is 3. The van der Waals surface area contributed by atoms with Gasteiger partial charge in [-0.25, -0.2) is 14.2 Å². The number of nitrogens with zero attached hydrogens (tertiary/aromatic N) is 2. The van der Waals surface area contributed by atoms with E-state index in [-0.39, 0.29) is 24.4 Å². The Kier molecular flexibility index (Phi) is 6.86. The lowest BCUT2D eigenvalue weighted by molar-refractivity contribution is -0.153. The fraction of sp³-hybridized carbons (Fsp3) is 0.381. The Bertz CT molecular complexity index is 1110. The first-order valence-electron chi connectivity index (χ1n) is 10.0. The average Bonchev–Trinajstić information content (AvgIpc) is 2.75. The molecule has 0 aliphatic carbocycles. The normalized spacial score (nSPS) is 19.8. The molecular weight excluding hydrogens is 489 g/mol. The molecule has 14 heteroatoms. The number of ether oxygens (including phenoxy) is 1. The molecular formula is C21H19F7N4O3. The highest BCUT2D eigenvalue weighted by Crippen LogP contribution is 2.41. The van der Waals surface area contributed by atoms with Gasteiger partial charge in [0.25, 0.3) is 0 Å². The molecule has 3 amide bonds. The van der Waals surface area contributed by atoms with Crippen molar-refractivity contribution in [3.05, 3.63) is 59.2 Å². The Balaban J connectivity index is 2.17. The van der Waals surface area contributed by atoms with E-state index in [4.69, 9.17) is 5.73 Å². The van der Waals surface area contributed by atoms with Crippen LogP contribution in [0.3, 0.4) is 0 Å². The lowest BCUT2D eigenvalue weighted by Gasteiger charge is -2.47. The second-order valence-electron chi connectivity index (χ2n) is 7.86. The summed E-state index contributed by atoms with van der Waals surface area (Å²) in [6, 6.07) is 5.05. The van der Waals surface area contributed by atoms with Gasteiger partial charge in [0.05, 0.1) is 11.6 Å². The van der Waals surface area contributed by atoms with Gasteiger partial charge in [0.15, 0.2) is 18.1 Å². The van der Waals surface area contributed by atoms with Crippen molar-refractivity contribution in [2.24, 2.45) is 5.73 Å². The van der Waals surface area contributed by atoms with Gasteiger partial charge in [-0.05, 0) is 36.8 Å². The number of urea groups is 1. The second-order valence-corrected chi connectivity index (χ2v) is 7.86. The van der Waals surface area contributed by atoms with Crippen LogP contribution in [-0.4, -0.2) is 53.2 Å². The van der Waals surface area contributed by atoms with E-state index in [1.54, 1.807) is 0 Å². The fourth-order valence-corrected chi connectivity index (χ4v) is 3.96. The number of rotatable bonds is 5. The second kappa shape index (κ2) is 9.23. The number of primary amides is 1. The topological polar surface area (TPSA) is 97.6 Å². The minimum Gasteiger partial charge on any atom is -0.484 e. The Morgan fingerprint density at radius 2 is 1.80 bits per heavy atom. The molecule has 35 heavy (non-hydrogen) atoms. The predicted molar refractivity (Wildman–Crippen MR) is 107 cm³/mol. The van der Waals surface area contributed by atoms with Gasteiger partial charge in [-0.15, -0.1) is 0 Å². The molecule has 0 saturated carbocycles. The molecule has 2 atom stereocenters. The van der Waals surface area contributed by atoms with Crippen LogP contribution in [0.2, 0.25) is 0 Å². The highest BCUT2D eigenvalue weighted by Gasteiger charge is 2.52. The summed E-state index contributed by atoms with van der Waals surface area (Å²) in [5, 5.41) is 2.52. The average molecular weight is 508 g/mol. The van der Waals surface area contributed by atoms with Crippen molar-refractivity contribution in [2.75, 3.05) is 19.7 Å². The highest BCUT2D eigenvalue weighted by atomic mass is 19.4. The summed E-state index contributed by atoms with van der Waals surface area (Å²) < 4.78 is 96.0. The molecule has 1 unspecified atom stereocenters. The maximum atomic E-state index is 13.9. The van der Waals surface area contributed by atoms with Crippen LogP contribution < -0.4 is 15.8 Å². The largest absolute Gasteiger partial charge is 0.484 e. The van der Waals surface area contributed by atoms with Crippen LogP contribution in [0.4, 0.5) is 35.5 Å². The zero-order valence-corrected chi connectivity index (χ0v) is 18.0. The smallest absolute Gasteiger partial charge is 0.436 e. The van der Waals surface area contributed by atoms with Gasteiger partial charge >= 0.3 is 18.4 Å². The Morgan fingerprint density at radius 3 is 2.34 bits per heavy atom. The van der Waals surface area contributed by atoms with Crippen LogP contribution in [0.5, 0.6) is 5.75 Å². The van der Waals surface area contributed by atoms with Crippen LogP contribution in [0.1, 0.15) is 29.8 Å². The highest BCUT2D eigenvalue weighted by molar-refractivity contribution is 5.93. The summed E-state index contributed by atoms with van der Waals surface area (Å²) in [5.74, 6) is -4.06. The van der Waals surface area contributed by atoms with E-state index in [0.29, 0.717) is 6.07 Å². The number of nitrogens with two attached hydrogens (primary N) is 1. The lowest BCUT2D eigenvalue weighted by Crippen LogP contribution is -2.68. The zero-order valence-electron chi connectivity index (χ0n) is 18.0. The number of nitrogens with one attached hydrogen (secondary N) is 1. The molecule has 0 radical (unpaired) electrons. The first-order chi connectivity index (χ1) is 16.1. The SMILES string of the molecule is CC1([C@H](c2ccc(OCC(F)(F)F)cc2)c2ccc(F)c(C(F)(F)F)n2)C(=O)NCCN1C(N)=O. The van der Waals surface area contributed by atoms with Gasteiger partial charge in [-0.3, -0.25) is 4.79 Å². The Labute approximate surface area is 194 Å². The molecule has 1 saturated heterocycles. The molecule has 1 aliphatic rings. The number of pyridine rings is 1. The van der Waals surface area contributed by atoms with Gasteiger partial charge in [0, 0.05) is 13.1 Å². The third-order valence-electron chi connectivity index (χ3n) is 5.52. The van der Waals surface area contributed by atoms with Crippen LogP contribution in [-0.2, 0) is 11.0 Å². The molecule has 0 bridgehead atoms. The van der Waals surface area contributed by atoms with Gasteiger partial charge < -0.3 is 20.7 Å². The summed E-state index contributed by atoms with van der Waals surface area (Å²) in [4.78, 5) is 29.6.